The number of hydrogen-bond acceptors (Lipinski definition) is 5. The summed E-state index contributed by atoms with van der Waals surface area (Å²) in [6.07, 6.45) is 1.02. The Morgan fingerprint density at radius 1 is 1.30 bits per heavy atom. The van der Waals surface area contributed by atoms with Gasteiger partial charge in [0.1, 0.15) is 5.75 Å². The third kappa shape index (κ3) is 3.22. The minimum atomic E-state index is 0.679. The minimum absolute atomic E-state index is 0.679. The number of fused-ring (bicyclic) bond motifs is 1. The van der Waals surface area contributed by atoms with Crippen LogP contribution in [0.5, 0.6) is 5.75 Å². The van der Waals surface area contributed by atoms with Crippen LogP contribution in [0.3, 0.4) is 0 Å². The number of hydrogen-bond donors (Lipinski definition) is 1. The smallest absolute Gasteiger partial charge is 0.183 e. The molecule has 5 heteroatoms. The van der Waals surface area contributed by atoms with Crippen molar-refractivity contribution in [2.45, 2.75) is 27.2 Å². The Hall–Kier alpha value is -1.33. The number of benzene rings is 1. The lowest BCUT2D eigenvalue weighted by atomic mass is 10.1. The molecule has 0 aliphatic rings. The van der Waals surface area contributed by atoms with Crippen molar-refractivity contribution in [1.82, 2.24) is 4.98 Å². The van der Waals surface area contributed by atoms with Gasteiger partial charge in [0.2, 0.25) is 0 Å². The zero-order chi connectivity index (χ0) is 14.5. The summed E-state index contributed by atoms with van der Waals surface area (Å²) in [6, 6.07) is 2.09. The molecule has 2 aromatic rings. The zero-order valence-corrected chi connectivity index (χ0v) is 13.4. The Morgan fingerprint density at radius 3 is 2.80 bits per heavy atom. The second-order valence-corrected chi connectivity index (χ2v) is 5.78. The molecule has 0 unspecified atom stereocenters. The molecule has 0 aliphatic heterocycles. The molecule has 0 atom stereocenters. The summed E-state index contributed by atoms with van der Waals surface area (Å²) in [5.74, 6) is 0.976. The summed E-state index contributed by atoms with van der Waals surface area (Å²) in [7, 11) is 1.70. The number of thiazole rings is 1. The summed E-state index contributed by atoms with van der Waals surface area (Å²) in [4.78, 5) is 4.66. The van der Waals surface area contributed by atoms with Crippen LogP contribution in [0.25, 0.3) is 10.2 Å². The molecule has 20 heavy (non-hydrogen) atoms. The van der Waals surface area contributed by atoms with Crippen LogP contribution < -0.4 is 10.1 Å². The van der Waals surface area contributed by atoms with E-state index in [1.807, 2.05) is 0 Å². The maximum atomic E-state index is 5.82. The Kier molecular flexibility index (Phi) is 5.20. The second-order valence-electron chi connectivity index (χ2n) is 4.78. The van der Waals surface area contributed by atoms with E-state index in [1.54, 1.807) is 18.4 Å². The summed E-state index contributed by atoms with van der Waals surface area (Å²) in [6.45, 7) is 8.50. The van der Waals surface area contributed by atoms with Gasteiger partial charge in [0.25, 0.3) is 0 Å². The molecule has 0 fully saturated rings. The van der Waals surface area contributed by atoms with Crippen molar-refractivity contribution in [3.63, 3.8) is 0 Å². The van der Waals surface area contributed by atoms with Crippen molar-refractivity contribution in [3.8, 4) is 5.75 Å². The number of aryl methyl sites for hydroxylation is 2. The average Bonchev–Trinajstić information content (AvgIpc) is 2.86. The predicted octanol–water partition coefficient (Wildman–Crippen LogP) is 3.76. The summed E-state index contributed by atoms with van der Waals surface area (Å²) < 4.78 is 12.1. The molecule has 0 radical (unpaired) electrons. The molecule has 0 aliphatic carbocycles. The highest BCUT2D eigenvalue weighted by Gasteiger charge is 2.13. The summed E-state index contributed by atoms with van der Waals surface area (Å²) in [5, 5.41) is 4.23. The van der Waals surface area contributed by atoms with Gasteiger partial charge in [-0.15, -0.1) is 0 Å². The molecule has 0 saturated carbocycles. The van der Waals surface area contributed by atoms with Crippen LogP contribution in [-0.2, 0) is 4.74 Å². The third-order valence-corrected chi connectivity index (χ3v) is 4.24. The lowest BCUT2D eigenvalue weighted by molar-refractivity contribution is 0.211. The highest BCUT2D eigenvalue weighted by atomic mass is 32.1. The van der Waals surface area contributed by atoms with Crippen LogP contribution in [0.2, 0.25) is 0 Å². The molecular formula is C15H22N2O2S. The minimum Gasteiger partial charge on any atom is -0.493 e. The third-order valence-electron chi connectivity index (χ3n) is 3.10. The number of rotatable bonds is 7. The molecule has 0 bridgehead atoms. The van der Waals surface area contributed by atoms with E-state index in [1.165, 1.54) is 10.3 Å². The lowest BCUT2D eigenvalue weighted by Gasteiger charge is -2.09. The van der Waals surface area contributed by atoms with E-state index in [2.05, 4.69) is 37.1 Å². The lowest BCUT2D eigenvalue weighted by Crippen LogP contribution is -2.06. The van der Waals surface area contributed by atoms with Gasteiger partial charge >= 0.3 is 0 Å². The Morgan fingerprint density at radius 2 is 2.10 bits per heavy atom. The van der Waals surface area contributed by atoms with Gasteiger partial charge in [-0.1, -0.05) is 18.3 Å². The molecule has 110 valence electrons. The van der Waals surface area contributed by atoms with Gasteiger partial charge in [0.05, 0.1) is 23.4 Å². The van der Waals surface area contributed by atoms with Crippen molar-refractivity contribution >= 4 is 26.7 Å². The van der Waals surface area contributed by atoms with Gasteiger partial charge in [-0.25, -0.2) is 4.98 Å². The number of nitrogens with zero attached hydrogens (tertiary/aromatic N) is 1. The molecule has 0 amide bonds. The van der Waals surface area contributed by atoms with Gasteiger partial charge in [-0.05, 0) is 31.9 Å². The van der Waals surface area contributed by atoms with Crippen LogP contribution in [0.15, 0.2) is 6.07 Å². The van der Waals surface area contributed by atoms with E-state index in [-0.39, 0.29) is 0 Å². The highest BCUT2D eigenvalue weighted by Crippen LogP contribution is 2.36. The van der Waals surface area contributed by atoms with E-state index >= 15 is 0 Å². The van der Waals surface area contributed by atoms with Crippen molar-refractivity contribution in [2.75, 3.05) is 32.2 Å². The number of methoxy groups -OCH3 is 1. The molecule has 1 heterocycles. The predicted molar refractivity (Wildman–Crippen MR) is 85.2 cm³/mol. The van der Waals surface area contributed by atoms with E-state index < -0.39 is 0 Å². The first kappa shape index (κ1) is 15.1. The monoisotopic (exact) mass is 294 g/mol. The van der Waals surface area contributed by atoms with Crippen molar-refractivity contribution < 1.29 is 9.47 Å². The molecule has 0 spiro atoms. The van der Waals surface area contributed by atoms with E-state index in [0.717, 1.165) is 41.5 Å². The first-order valence-electron chi connectivity index (χ1n) is 6.93. The first-order chi connectivity index (χ1) is 9.67. The molecule has 1 aromatic carbocycles. The van der Waals surface area contributed by atoms with Crippen LogP contribution >= 0.6 is 11.3 Å². The quantitative estimate of drug-likeness (QED) is 0.790. The number of nitrogens with one attached hydrogen (secondary N) is 1. The van der Waals surface area contributed by atoms with Crippen molar-refractivity contribution in [1.29, 1.82) is 0 Å². The van der Waals surface area contributed by atoms with Crippen LogP contribution in [0.4, 0.5) is 5.13 Å². The van der Waals surface area contributed by atoms with E-state index in [0.29, 0.717) is 6.61 Å². The SMILES string of the molecule is CCCOc1cc(C)c2nc(NCCOC)sc2c1C. The van der Waals surface area contributed by atoms with E-state index in [4.69, 9.17) is 9.47 Å². The fourth-order valence-corrected chi connectivity index (χ4v) is 3.09. The Labute approximate surface area is 124 Å². The fourth-order valence-electron chi connectivity index (χ4n) is 2.02. The van der Waals surface area contributed by atoms with Gasteiger partial charge in [0, 0.05) is 19.2 Å². The molecule has 1 aromatic heterocycles. The number of aromatic nitrogens is 1. The standard InChI is InChI=1S/C15H22N2O2S/c1-5-7-19-12-9-10(2)13-14(11(12)3)20-15(17-13)16-6-8-18-4/h9H,5-8H2,1-4H3,(H,16,17). The van der Waals surface area contributed by atoms with Crippen molar-refractivity contribution in [3.05, 3.63) is 17.2 Å². The maximum Gasteiger partial charge on any atom is 0.183 e. The Bertz CT molecular complexity index is 581. The molecule has 2 rings (SSSR count). The fraction of sp³-hybridized carbons (Fsp3) is 0.533. The van der Waals surface area contributed by atoms with Crippen LogP contribution in [0.1, 0.15) is 24.5 Å². The summed E-state index contributed by atoms with van der Waals surface area (Å²) >= 11 is 1.68. The summed E-state index contributed by atoms with van der Waals surface area (Å²) in [5.41, 5.74) is 3.40. The maximum absolute atomic E-state index is 5.82. The van der Waals surface area contributed by atoms with Gasteiger partial charge in [0.15, 0.2) is 5.13 Å². The van der Waals surface area contributed by atoms with Gasteiger partial charge < -0.3 is 14.8 Å². The second kappa shape index (κ2) is 6.90. The topological polar surface area (TPSA) is 43.4 Å². The van der Waals surface area contributed by atoms with Crippen LogP contribution in [-0.4, -0.2) is 31.9 Å². The molecule has 0 saturated heterocycles. The molecule has 1 N–H and O–H groups in total. The molecule has 4 nitrogen and oxygen atoms in total. The van der Waals surface area contributed by atoms with Crippen LogP contribution in [0, 0.1) is 13.8 Å². The number of anilines is 1. The van der Waals surface area contributed by atoms with Gasteiger partial charge in [-0.3, -0.25) is 0 Å². The highest BCUT2D eigenvalue weighted by molar-refractivity contribution is 7.22. The van der Waals surface area contributed by atoms with Crippen molar-refractivity contribution in [2.24, 2.45) is 0 Å². The zero-order valence-electron chi connectivity index (χ0n) is 12.6. The van der Waals surface area contributed by atoms with Gasteiger partial charge in [-0.2, -0.15) is 0 Å². The Balaban J connectivity index is 2.30. The molecular weight excluding hydrogens is 272 g/mol. The number of ether oxygens (including phenoxy) is 2. The average molecular weight is 294 g/mol. The first-order valence-corrected chi connectivity index (χ1v) is 7.75. The normalized spacial score (nSPS) is 11.0. The largest absolute Gasteiger partial charge is 0.493 e. The van der Waals surface area contributed by atoms with E-state index in [9.17, 15) is 0 Å².